The van der Waals surface area contributed by atoms with E-state index in [0.717, 1.165) is 0 Å². The van der Waals surface area contributed by atoms with E-state index in [1.54, 1.807) is 60.7 Å². The lowest BCUT2D eigenvalue weighted by Gasteiger charge is -2.20. The smallest absolute Gasteiger partial charge is 0.136 e. The van der Waals surface area contributed by atoms with E-state index in [0.29, 0.717) is 32.7 Å². The molecule has 9 aromatic carbocycles. The summed E-state index contributed by atoms with van der Waals surface area (Å²) in [5.41, 5.74) is -0.521. The van der Waals surface area contributed by atoms with Crippen molar-refractivity contribution in [1.82, 2.24) is 0 Å². The minimum atomic E-state index is -0.736. The number of benzene rings is 9. The van der Waals surface area contributed by atoms with E-state index in [-0.39, 0.29) is 55.3 Å². The van der Waals surface area contributed by atoms with Crippen molar-refractivity contribution in [2.24, 2.45) is 0 Å². The largest absolute Gasteiger partial charge is 0.456 e. The first-order valence-corrected chi connectivity index (χ1v) is 15.9. The highest BCUT2D eigenvalue weighted by Gasteiger charge is 2.21. The van der Waals surface area contributed by atoms with Gasteiger partial charge in [-0.25, -0.2) is 0 Å². The zero-order valence-corrected chi connectivity index (χ0v) is 26.3. The summed E-state index contributed by atoms with van der Waals surface area (Å²) in [4.78, 5) is 0. The predicted molar refractivity (Wildman–Crippen MR) is 216 cm³/mol. The van der Waals surface area contributed by atoms with Gasteiger partial charge < -0.3 is 4.42 Å². The number of furan rings is 1. The number of hydrogen-bond donors (Lipinski definition) is 0. The maximum absolute atomic E-state index is 9.64. The average Bonchev–Trinajstić information content (AvgIpc) is 3.77. The van der Waals surface area contributed by atoms with Gasteiger partial charge in [0.1, 0.15) is 11.2 Å². The molecule has 0 saturated heterocycles. The summed E-state index contributed by atoms with van der Waals surface area (Å²) in [6.07, 6.45) is 0. The Morgan fingerprint density at radius 2 is 0.843 bits per heavy atom. The SMILES string of the molecule is [2H]c1c([2H])c([2H])c(-c2ccc(-c3c([2H])c([2H])c([2H])c([2H])c3-c3c4ccccc4c(-c4c([2H])c([2H])c([2H])c5oc6c([2H])c([2H])c(-c7c([2H])c([2H])c([2H])c([2H])c7[2H])c([2H])c6c45)c4ccccc34)cc2)c([2H])c1[2H]. The van der Waals surface area contributed by atoms with Gasteiger partial charge in [-0.05, 0) is 95.3 Å². The molecule has 10 rings (SSSR count). The molecule has 0 saturated carbocycles. The van der Waals surface area contributed by atoms with E-state index in [1.807, 2.05) is 0 Å². The van der Waals surface area contributed by atoms with Gasteiger partial charge in [0.05, 0.1) is 27.4 Å². The normalized spacial score (nSPS) is 17.0. The molecule has 10 aromatic rings. The monoisotopic (exact) mass is 668 g/mol. The van der Waals surface area contributed by atoms with Crippen LogP contribution in [0.2, 0.25) is 0 Å². The standard InChI is InChI=1S/C50H32O/c1-3-14-33(15-4-1)35-26-28-36(29-27-35)38-18-7-8-19-39(38)48-40-20-9-11-22-42(40)49(43-23-12-10-21-41(43)48)44-24-13-25-47-50(44)45-32-37(30-31-46(45)51-47)34-16-5-2-6-17-34/h1-32H/i1D,2D,3D,4D,5D,6D,7D,8D,13D,14D,15D,16D,17D,18D,19D,24D,25D,30D,31D,32D. The molecule has 0 atom stereocenters. The summed E-state index contributed by atoms with van der Waals surface area (Å²) in [5.74, 6) is 0. The fraction of sp³-hybridized carbons (Fsp3) is 0. The minimum Gasteiger partial charge on any atom is -0.456 e. The van der Waals surface area contributed by atoms with Crippen LogP contribution >= 0.6 is 0 Å². The molecule has 1 heteroatoms. The van der Waals surface area contributed by atoms with Crippen LogP contribution < -0.4 is 0 Å². The summed E-state index contributed by atoms with van der Waals surface area (Å²) in [5, 5.41) is 1.22. The van der Waals surface area contributed by atoms with Crippen LogP contribution in [0.1, 0.15) is 27.4 Å². The van der Waals surface area contributed by atoms with Crippen molar-refractivity contribution in [2.75, 3.05) is 0 Å². The summed E-state index contributed by atoms with van der Waals surface area (Å²) < 4.78 is 182. The summed E-state index contributed by atoms with van der Waals surface area (Å²) in [7, 11) is 0. The Morgan fingerprint density at radius 1 is 0.333 bits per heavy atom. The van der Waals surface area contributed by atoms with Crippen molar-refractivity contribution >= 4 is 43.5 Å². The molecule has 0 aliphatic rings. The second-order valence-electron chi connectivity index (χ2n) is 11.7. The highest BCUT2D eigenvalue weighted by Crippen LogP contribution is 2.48. The second kappa shape index (κ2) is 12.0. The molecule has 0 aliphatic heterocycles. The Hall–Kier alpha value is -6.70. The number of fused-ring (bicyclic) bond motifs is 5. The van der Waals surface area contributed by atoms with Crippen molar-refractivity contribution in [1.29, 1.82) is 0 Å². The van der Waals surface area contributed by atoms with Crippen LogP contribution in [0.4, 0.5) is 0 Å². The summed E-state index contributed by atoms with van der Waals surface area (Å²) in [6, 6.07) is 8.10. The highest BCUT2D eigenvalue weighted by molar-refractivity contribution is 6.26. The second-order valence-corrected chi connectivity index (χ2v) is 11.7. The molecule has 0 radical (unpaired) electrons. The highest BCUT2D eigenvalue weighted by atomic mass is 16.3. The molecule has 51 heavy (non-hydrogen) atoms. The first kappa shape index (κ1) is 15.5. The zero-order chi connectivity index (χ0) is 51.1. The van der Waals surface area contributed by atoms with Crippen molar-refractivity contribution in [3.05, 3.63) is 194 Å². The van der Waals surface area contributed by atoms with Crippen LogP contribution in [-0.4, -0.2) is 0 Å². The molecule has 0 N–H and O–H groups in total. The minimum absolute atomic E-state index is 0.0465. The van der Waals surface area contributed by atoms with E-state index in [2.05, 4.69) is 0 Å². The van der Waals surface area contributed by atoms with Gasteiger partial charge in [0.15, 0.2) is 0 Å². The Morgan fingerprint density at radius 3 is 1.47 bits per heavy atom. The lowest BCUT2D eigenvalue weighted by Crippen LogP contribution is -1.93. The molecule has 1 aromatic heterocycles. The fourth-order valence-corrected chi connectivity index (χ4v) is 6.72. The average molecular weight is 669 g/mol. The maximum atomic E-state index is 9.64. The predicted octanol–water partition coefficient (Wildman–Crippen LogP) is 14.2. The van der Waals surface area contributed by atoms with E-state index >= 15 is 0 Å². The van der Waals surface area contributed by atoms with E-state index < -0.39 is 132 Å². The van der Waals surface area contributed by atoms with E-state index in [4.69, 9.17) is 26.3 Å². The van der Waals surface area contributed by atoms with Crippen molar-refractivity contribution in [2.45, 2.75) is 0 Å². The summed E-state index contributed by atoms with van der Waals surface area (Å²) in [6.45, 7) is 0. The van der Waals surface area contributed by atoms with Crippen LogP contribution in [-0.2, 0) is 0 Å². The molecule has 0 bridgehead atoms. The lowest BCUT2D eigenvalue weighted by atomic mass is 9.83. The van der Waals surface area contributed by atoms with Gasteiger partial charge in [0, 0.05) is 10.8 Å². The van der Waals surface area contributed by atoms with Gasteiger partial charge in [-0.1, -0.05) is 176 Å². The molecule has 0 fully saturated rings. The number of rotatable bonds is 5. The van der Waals surface area contributed by atoms with Gasteiger partial charge in [0.25, 0.3) is 0 Å². The van der Waals surface area contributed by atoms with Gasteiger partial charge in [-0.15, -0.1) is 0 Å². The van der Waals surface area contributed by atoms with Crippen LogP contribution in [0.5, 0.6) is 0 Å². The molecule has 0 unspecified atom stereocenters. The van der Waals surface area contributed by atoms with Crippen molar-refractivity contribution < 1.29 is 31.8 Å². The quantitative estimate of drug-likeness (QED) is 0.166. The molecule has 0 amide bonds. The maximum Gasteiger partial charge on any atom is 0.136 e. The third-order valence-corrected chi connectivity index (χ3v) is 8.90. The third-order valence-electron chi connectivity index (χ3n) is 8.90. The Kier molecular flexibility index (Phi) is 3.64. The molecule has 0 spiro atoms. The summed E-state index contributed by atoms with van der Waals surface area (Å²) >= 11 is 0. The van der Waals surface area contributed by atoms with E-state index in [1.165, 1.54) is 12.1 Å². The molecule has 1 heterocycles. The van der Waals surface area contributed by atoms with Crippen LogP contribution in [0, 0.1) is 0 Å². The molecule has 1 nitrogen and oxygen atoms in total. The Labute approximate surface area is 324 Å². The fourth-order valence-electron chi connectivity index (χ4n) is 6.72. The number of hydrogen-bond acceptors (Lipinski definition) is 1. The van der Waals surface area contributed by atoms with E-state index in [9.17, 15) is 5.48 Å². The first-order valence-electron chi connectivity index (χ1n) is 25.9. The van der Waals surface area contributed by atoms with Crippen LogP contribution in [0.25, 0.3) is 99.1 Å². The third kappa shape index (κ3) is 4.86. The van der Waals surface area contributed by atoms with Gasteiger partial charge in [0.2, 0.25) is 0 Å². The molecular formula is C50H32O. The van der Waals surface area contributed by atoms with Gasteiger partial charge in [-0.2, -0.15) is 0 Å². The topological polar surface area (TPSA) is 13.1 Å². The van der Waals surface area contributed by atoms with Gasteiger partial charge >= 0.3 is 0 Å². The first-order chi connectivity index (χ1) is 33.6. The molecular weight excluding hydrogens is 617 g/mol. The van der Waals surface area contributed by atoms with Crippen molar-refractivity contribution in [3.8, 4) is 55.6 Å². The Balaban J connectivity index is 1.33. The Bertz CT molecular complexity index is 3930. The molecule has 0 aliphatic carbocycles. The van der Waals surface area contributed by atoms with Crippen LogP contribution in [0.3, 0.4) is 0 Å². The zero-order valence-electron chi connectivity index (χ0n) is 46.3. The lowest BCUT2D eigenvalue weighted by molar-refractivity contribution is 0.669. The molecule has 238 valence electrons. The van der Waals surface area contributed by atoms with Gasteiger partial charge in [-0.3, -0.25) is 0 Å². The van der Waals surface area contributed by atoms with Crippen LogP contribution in [0.15, 0.2) is 198 Å². The van der Waals surface area contributed by atoms with Crippen molar-refractivity contribution in [3.63, 3.8) is 0 Å².